The molecule has 0 radical (unpaired) electrons. The highest BCUT2D eigenvalue weighted by Crippen LogP contribution is 2.39. The van der Waals surface area contributed by atoms with Crippen LogP contribution < -0.4 is 24.8 Å². The molecule has 2 amide bonds. The maximum absolute atomic E-state index is 13.2. The predicted octanol–water partition coefficient (Wildman–Crippen LogP) is 4.99. The fourth-order valence-corrected chi connectivity index (χ4v) is 4.70. The van der Waals surface area contributed by atoms with Gasteiger partial charge in [-0.1, -0.05) is 12.1 Å². The van der Waals surface area contributed by atoms with Crippen molar-refractivity contribution in [2.24, 2.45) is 0 Å². The van der Waals surface area contributed by atoms with Gasteiger partial charge in [0.1, 0.15) is 5.00 Å². The first-order chi connectivity index (χ1) is 17.2. The van der Waals surface area contributed by atoms with Gasteiger partial charge in [-0.05, 0) is 55.7 Å². The fraction of sp³-hybridized carbons (Fsp3) is 0.269. The third-order valence-electron chi connectivity index (χ3n) is 5.75. The maximum atomic E-state index is 13.2. The highest BCUT2D eigenvalue weighted by atomic mass is 32.1. The van der Waals surface area contributed by atoms with Crippen molar-refractivity contribution in [3.05, 3.63) is 63.0 Å². The lowest BCUT2D eigenvalue weighted by molar-refractivity contribution is 0.0601. The summed E-state index contributed by atoms with van der Waals surface area (Å²) in [6.07, 6.45) is 0. The summed E-state index contributed by atoms with van der Waals surface area (Å²) >= 11 is 0.986. The number of methoxy groups -OCH3 is 4. The molecule has 0 fully saturated rings. The zero-order chi connectivity index (χ0) is 26.6. The smallest absolute Gasteiger partial charge is 0.341 e. The van der Waals surface area contributed by atoms with E-state index in [1.807, 2.05) is 26.0 Å². The number of ether oxygens (including phenoxy) is 4. The molecular weight excluding hydrogens is 484 g/mol. The Morgan fingerprint density at radius 3 is 2.00 bits per heavy atom. The molecule has 36 heavy (non-hydrogen) atoms. The van der Waals surface area contributed by atoms with Gasteiger partial charge < -0.3 is 29.6 Å². The topological polar surface area (TPSA) is 112 Å². The van der Waals surface area contributed by atoms with Crippen LogP contribution in [0.1, 0.15) is 47.1 Å². The molecule has 0 aliphatic heterocycles. The number of anilines is 2. The molecule has 0 aliphatic carbocycles. The van der Waals surface area contributed by atoms with E-state index in [1.165, 1.54) is 40.6 Å². The van der Waals surface area contributed by atoms with Crippen LogP contribution in [0.2, 0.25) is 0 Å². The molecule has 3 aromatic rings. The Hall–Kier alpha value is -4.05. The molecule has 1 aromatic heterocycles. The molecule has 9 nitrogen and oxygen atoms in total. The third kappa shape index (κ3) is 5.13. The lowest BCUT2D eigenvalue weighted by atomic mass is 10.1. The highest BCUT2D eigenvalue weighted by molar-refractivity contribution is 7.19. The van der Waals surface area contributed by atoms with E-state index in [4.69, 9.17) is 18.9 Å². The summed E-state index contributed by atoms with van der Waals surface area (Å²) in [6, 6.07) is 8.58. The number of nitrogens with one attached hydrogen (secondary N) is 2. The molecule has 0 saturated carbocycles. The lowest BCUT2D eigenvalue weighted by Crippen LogP contribution is -2.15. The average molecular weight is 513 g/mol. The maximum Gasteiger partial charge on any atom is 0.341 e. The number of amides is 2. The van der Waals surface area contributed by atoms with Gasteiger partial charge in [0.15, 0.2) is 11.5 Å². The first-order valence-electron chi connectivity index (χ1n) is 10.9. The van der Waals surface area contributed by atoms with E-state index in [2.05, 4.69) is 10.6 Å². The number of hydrogen-bond donors (Lipinski definition) is 2. The standard InChI is InChI=1S/C26H28N2O7S/c1-13-9-8-10-17(14(13)2)27-24(30)22-15(3)20(26(31)35-7)25(36-22)28-23(29)16-11-18(32-4)21(34-6)19(12-16)33-5/h8-12H,1-7H3,(H,27,30)(H,28,29). The second-order valence-electron chi connectivity index (χ2n) is 7.82. The molecule has 0 saturated heterocycles. The lowest BCUT2D eigenvalue weighted by Gasteiger charge is -2.14. The molecule has 0 atom stereocenters. The summed E-state index contributed by atoms with van der Waals surface area (Å²) in [5, 5.41) is 5.81. The summed E-state index contributed by atoms with van der Waals surface area (Å²) in [5.41, 5.74) is 3.33. The van der Waals surface area contributed by atoms with Crippen LogP contribution in [-0.2, 0) is 4.74 Å². The largest absolute Gasteiger partial charge is 0.493 e. The van der Waals surface area contributed by atoms with E-state index in [0.717, 1.165) is 22.5 Å². The first-order valence-corrected chi connectivity index (χ1v) is 11.7. The van der Waals surface area contributed by atoms with Crippen molar-refractivity contribution in [2.45, 2.75) is 20.8 Å². The minimum absolute atomic E-state index is 0.106. The first kappa shape index (κ1) is 26.6. The molecule has 0 aliphatic rings. The SMILES string of the molecule is COC(=O)c1c(NC(=O)c2cc(OC)c(OC)c(OC)c2)sc(C(=O)Nc2cccc(C)c2C)c1C. The van der Waals surface area contributed by atoms with E-state index in [0.29, 0.717) is 28.5 Å². The molecule has 190 valence electrons. The van der Waals surface area contributed by atoms with Crippen molar-refractivity contribution in [3.8, 4) is 17.2 Å². The number of benzene rings is 2. The van der Waals surface area contributed by atoms with Crippen molar-refractivity contribution >= 4 is 39.8 Å². The van der Waals surface area contributed by atoms with Crippen LogP contribution in [0.5, 0.6) is 17.2 Å². The summed E-state index contributed by atoms with van der Waals surface area (Å²) in [6.45, 7) is 5.50. The zero-order valence-electron chi connectivity index (χ0n) is 21.2. The third-order valence-corrected chi connectivity index (χ3v) is 6.96. The van der Waals surface area contributed by atoms with Crippen LogP contribution in [0.15, 0.2) is 30.3 Å². The van der Waals surface area contributed by atoms with E-state index in [9.17, 15) is 14.4 Å². The van der Waals surface area contributed by atoms with Gasteiger partial charge in [0.25, 0.3) is 11.8 Å². The molecule has 0 spiro atoms. The Kier molecular flexibility index (Phi) is 8.21. The minimum atomic E-state index is -0.672. The number of thiophene rings is 1. The van der Waals surface area contributed by atoms with Crippen molar-refractivity contribution in [1.82, 2.24) is 0 Å². The molecule has 2 N–H and O–H groups in total. The Labute approximate surface area is 213 Å². The molecule has 10 heteroatoms. The Bertz CT molecular complexity index is 1310. The summed E-state index contributed by atoms with van der Waals surface area (Å²) in [7, 11) is 5.58. The Balaban J connectivity index is 1.99. The van der Waals surface area contributed by atoms with Gasteiger partial charge in [0.2, 0.25) is 5.75 Å². The van der Waals surface area contributed by atoms with Gasteiger partial charge in [-0.3, -0.25) is 9.59 Å². The number of aryl methyl sites for hydroxylation is 1. The second kappa shape index (κ2) is 11.1. The normalized spacial score (nSPS) is 10.4. The van der Waals surface area contributed by atoms with Crippen LogP contribution in [0.3, 0.4) is 0 Å². The summed E-state index contributed by atoms with van der Waals surface area (Å²) in [5.74, 6) is -0.678. The average Bonchev–Trinajstić information content (AvgIpc) is 3.20. The Morgan fingerprint density at radius 1 is 0.806 bits per heavy atom. The van der Waals surface area contributed by atoms with E-state index in [-0.39, 0.29) is 21.0 Å². The molecule has 1 heterocycles. The predicted molar refractivity (Wildman–Crippen MR) is 138 cm³/mol. The van der Waals surface area contributed by atoms with E-state index >= 15 is 0 Å². The van der Waals surface area contributed by atoms with E-state index < -0.39 is 17.8 Å². The number of carbonyl (C=O) groups is 3. The van der Waals surface area contributed by atoms with Crippen LogP contribution in [0, 0.1) is 20.8 Å². The van der Waals surface area contributed by atoms with Gasteiger partial charge in [-0.25, -0.2) is 4.79 Å². The second-order valence-corrected chi connectivity index (χ2v) is 8.84. The van der Waals surface area contributed by atoms with Gasteiger partial charge in [0, 0.05) is 11.3 Å². The van der Waals surface area contributed by atoms with Gasteiger partial charge >= 0.3 is 5.97 Å². The number of rotatable bonds is 8. The number of esters is 1. The van der Waals surface area contributed by atoms with Gasteiger partial charge in [-0.15, -0.1) is 11.3 Å². The highest BCUT2D eigenvalue weighted by Gasteiger charge is 2.27. The minimum Gasteiger partial charge on any atom is -0.493 e. The van der Waals surface area contributed by atoms with Crippen LogP contribution in [0.4, 0.5) is 10.7 Å². The van der Waals surface area contributed by atoms with Crippen LogP contribution in [-0.4, -0.2) is 46.2 Å². The molecule has 0 unspecified atom stereocenters. The molecule has 0 bridgehead atoms. The number of hydrogen-bond acceptors (Lipinski definition) is 8. The molecule has 3 rings (SSSR count). The van der Waals surface area contributed by atoms with Crippen molar-refractivity contribution in [1.29, 1.82) is 0 Å². The van der Waals surface area contributed by atoms with Gasteiger partial charge in [0.05, 0.1) is 38.9 Å². The Morgan fingerprint density at radius 2 is 1.44 bits per heavy atom. The van der Waals surface area contributed by atoms with Crippen LogP contribution in [0.25, 0.3) is 0 Å². The quantitative estimate of drug-likeness (QED) is 0.409. The van der Waals surface area contributed by atoms with Crippen molar-refractivity contribution in [2.75, 3.05) is 39.1 Å². The fourth-order valence-electron chi connectivity index (χ4n) is 3.62. The zero-order valence-corrected chi connectivity index (χ0v) is 22.0. The molecular formula is C26H28N2O7S. The summed E-state index contributed by atoms with van der Waals surface area (Å²) < 4.78 is 20.9. The van der Waals surface area contributed by atoms with Crippen molar-refractivity contribution < 1.29 is 33.3 Å². The van der Waals surface area contributed by atoms with Gasteiger partial charge in [-0.2, -0.15) is 0 Å². The number of carbonyl (C=O) groups excluding carboxylic acids is 3. The van der Waals surface area contributed by atoms with Crippen LogP contribution >= 0.6 is 11.3 Å². The van der Waals surface area contributed by atoms with Crippen molar-refractivity contribution in [3.63, 3.8) is 0 Å². The summed E-state index contributed by atoms with van der Waals surface area (Å²) in [4.78, 5) is 39.2. The monoisotopic (exact) mass is 512 g/mol. The molecule has 2 aromatic carbocycles. The van der Waals surface area contributed by atoms with E-state index in [1.54, 1.807) is 13.0 Å².